The van der Waals surface area contributed by atoms with Crippen LogP contribution in [0.5, 0.6) is 0 Å². The standard InChI is InChI=1S/C20H31FN4/c1-4-22-20(23-15-9-11-25(12-10-15)14(2)3)24-19-13-17(19)16-7-5-6-8-18(16)21/h5-8,14-15,17,19H,4,9-13H2,1-3H3,(H2,22,23,24). The molecule has 138 valence electrons. The first-order valence-electron chi connectivity index (χ1n) is 9.64. The summed E-state index contributed by atoms with van der Waals surface area (Å²) in [4.78, 5) is 7.12. The third kappa shape index (κ3) is 4.72. The third-order valence-corrected chi connectivity index (χ3v) is 5.33. The van der Waals surface area contributed by atoms with Crippen molar-refractivity contribution in [3.8, 4) is 0 Å². The van der Waals surface area contributed by atoms with Gasteiger partial charge < -0.3 is 15.5 Å². The van der Waals surface area contributed by atoms with Crippen LogP contribution in [0, 0.1) is 5.82 Å². The Morgan fingerprint density at radius 2 is 1.96 bits per heavy atom. The summed E-state index contributed by atoms with van der Waals surface area (Å²) in [6.07, 6.45) is 3.26. The minimum Gasteiger partial charge on any atom is -0.354 e. The van der Waals surface area contributed by atoms with E-state index in [9.17, 15) is 4.39 Å². The van der Waals surface area contributed by atoms with Crippen LogP contribution in [0.3, 0.4) is 0 Å². The van der Waals surface area contributed by atoms with E-state index in [1.165, 1.54) is 0 Å². The average Bonchev–Trinajstić information content (AvgIpc) is 3.35. The Morgan fingerprint density at radius 1 is 1.24 bits per heavy atom. The fourth-order valence-electron chi connectivity index (χ4n) is 3.69. The molecule has 1 aromatic carbocycles. The van der Waals surface area contributed by atoms with Gasteiger partial charge in [-0.15, -0.1) is 0 Å². The molecule has 0 spiro atoms. The van der Waals surface area contributed by atoms with Gasteiger partial charge in [0.1, 0.15) is 5.82 Å². The molecule has 1 saturated carbocycles. The van der Waals surface area contributed by atoms with Gasteiger partial charge in [-0.05, 0) is 51.7 Å². The van der Waals surface area contributed by atoms with Crippen LogP contribution in [0.15, 0.2) is 29.3 Å². The number of benzene rings is 1. The predicted molar refractivity (Wildman–Crippen MR) is 102 cm³/mol. The molecule has 1 aliphatic carbocycles. The van der Waals surface area contributed by atoms with Crippen LogP contribution in [-0.2, 0) is 0 Å². The number of rotatable bonds is 5. The lowest BCUT2D eigenvalue weighted by Gasteiger charge is -2.35. The lowest BCUT2D eigenvalue weighted by atomic mass is 10.0. The summed E-state index contributed by atoms with van der Waals surface area (Å²) in [5.74, 6) is 1.04. The van der Waals surface area contributed by atoms with E-state index >= 15 is 0 Å². The molecule has 1 saturated heterocycles. The molecule has 3 rings (SSSR count). The quantitative estimate of drug-likeness (QED) is 0.636. The predicted octanol–water partition coefficient (Wildman–Crippen LogP) is 3.11. The molecule has 0 aromatic heterocycles. The summed E-state index contributed by atoms with van der Waals surface area (Å²) >= 11 is 0. The molecule has 2 N–H and O–H groups in total. The molecular formula is C20H31FN4. The van der Waals surface area contributed by atoms with Gasteiger partial charge in [-0.25, -0.2) is 4.39 Å². The molecule has 25 heavy (non-hydrogen) atoms. The molecule has 2 atom stereocenters. The first kappa shape index (κ1) is 18.2. The fourth-order valence-corrected chi connectivity index (χ4v) is 3.69. The molecule has 1 heterocycles. The smallest absolute Gasteiger partial charge is 0.191 e. The zero-order chi connectivity index (χ0) is 17.8. The van der Waals surface area contributed by atoms with Gasteiger partial charge in [0.05, 0.1) is 0 Å². The van der Waals surface area contributed by atoms with Gasteiger partial charge in [0, 0.05) is 43.7 Å². The van der Waals surface area contributed by atoms with E-state index in [2.05, 4.69) is 34.4 Å². The Bertz CT molecular complexity index is 593. The molecule has 0 radical (unpaired) electrons. The highest BCUT2D eigenvalue weighted by molar-refractivity contribution is 5.81. The Balaban J connectivity index is 1.52. The van der Waals surface area contributed by atoms with E-state index in [1.807, 2.05) is 19.1 Å². The maximum absolute atomic E-state index is 13.9. The van der Waals surface area contributed by atoms with Gasteiger partial charge in [0.15, 0.2) is 5.96 Å². The lowest BCUT2D eigenvalue weighted by molar-refractivity contribution is 0.167. The summed E-state index contributed by atoms with van der Waals surface area (Å²) in [7, 11) is 0. The highest BCUT2D eigenvalue weighted by Gasteiger charge is 2.40. The number of nitrogens with zero attached hydrogens (tertiary/aromatic N) is 2. The highest BCUT2D eigenvalue weighted by Crippen LogP contribution is 2.41. The van der Waals surface area contributed by atoms with Crippen molar-refractivity contribution in [1.29, 1.82) is 0 Å². The van der Waals surface area contributed by atoms with Crippen LogP contribution in [0.25, 0.3) is 0 Å². The van der Waals surface area contributed by atoms with Crippen LogP contribution in [-0.4, -0.2) is 48.6 Å². The minimum atomic E-state index is -0.0974. The molecule has 2 aliphatic rings. The third-order valence-electron chi connectivity index (χ3n) is 5.33. The van der Waals surface area contributed by atoms with Crippen LogP contribution >= 0.6 is 0 Å². The number of halogens is 1. The lowest BCUT2D eigenvalue weighted by Crippen LogP contribution is -2.50. The van der Waals surface area contributed by atoms with E-state index in [-0.39, 0.29) is 17.8 Å². The molecule has 0 bridgehead atoms. The van der Waals surface area contributed by atoms with Crippen molar-refractivity contribution in [1.82, 2.24) is 15.5 Å². The molecule has 0 amide bonds. The average molecular weight is 346 g/mol. The van der Waals surface area contributed by atoms with Crippen molar-refractivity contribution >= 4 is 5.96 Å². The maximum Gasteiger partial charge on any atom is 0.191 e. The highest BCUT2D eigenvalue weighted by atomic mass is 19.1. The van der Waals surface area contributed by atoms with E-state index in [1.54, 1.807) is 12.1 Å². The number of piperidine rings is 1. The first-order chi connectivity index (χ1) is 12.1. The largest absolute Gasteiger partial charge is 0.354 e. The Kier molecular flexibility index (Phi) is 5.94. The number of likely N-dealkylation sites (tertiary alicyclic amines) is 1. The molecule has 4 nitrogen and oxygen atoms in total. The zero-order valence-electron chi connectivity index (χ0n) is 15.6. The van der Waals surface area contributed by atoms with Gasteiger partial charge in [-0.1, -0.05) is 18.2 Å². The molecular weight excluding hydrogens is 315 g/mol. The minimum absolute atomic E-state index is 0.0974. The number of aliphatic imine (C=N–C) groups is 1. The van der Waals surface area contributed by atoms with Crippen molar-refractivity contribution in [2.24, 2.45) is 4.99 Å². The normalized spacial score (nSPS) is 25.2. The number of hydrogen-bond acceptors (Lipinski definition) is 2. The maximum atomic E-state index is 13.9. The fraction of sp³-hybridized carbons (Fsp3) is 0.650. The summed E-state index contributed by atoms with van der Waals surface area (Å²) < 4.78 is 13.9. The van der Waals surface area contributed by atoms with E-state index in [0.29, 0.717) is 12.1 Å². The topological polar surface area (TPSA) is 39.7 Å². The Morgan fingerprint density at radius 3 is 2.60 bits per heavy atom. The molecule has 5 heteroatoms. The van der Waals surface area contributed by atoms with Crippen molar-refractivity contribution in [2.75, 3.05) is 19.6 Å². The van der Waals surface area contributed by atoms with Crippen molar-refractivity contribution in [3.05, 3.63) is 35.6 Å². The van der Waals surface area contributed by atoms with Gasteiger partial charge in [-0.2, -0.15) is 0 Å². The van der Waals surface area contributed by atoms with E-state index in [4.69, 9.17) is 0 Å². The van der Waals surface area contributed by atoms with Gasteiger partial charge in [0.2, 0.25) is 0 Å². The van der Waals surface area contributed by atoms with Crippen molar-refractivity contribution in [2.45, 2.75) is 64.1 Å². The SMILES string of the molecule is CCN=C(NC1CCN(C(C)C)CC1)NC1CC1c1ccccc1F. The van der Waals surface area contributed by atoms with Crippen molar-refractivity contribution < 1.29 is 4.39 Å². The molecule has 1 aromatic rings. The second kappa shape index (κ2) is 8.17. The molecule has 2 unspecified atom stereocenters. The Labute approximate surface area is 150 Å². The van der Waals surface area contributed by atoms with Gasteiger partial charge in [0.25, 0.3) is 0 Å². The first-order valence-corrected chi connectivity index (χ1v) is 9.64. The second-order valence-electron chi connectivity index (χ2n) is 7.49. The van der Waals surface area contributed by atoms with E-state index < -0.39 is 0 Å². The summed E-state index contributed by atoms with van der Waals surface area (Å²) in [5, 5.41) is 7.10. The number of guanidine groups is 1. The zero-order valence-corrected chi connectivity index (χ0v) is 15.6. The van der Waals surface area contributed by atoms with Crippen LogP contribution in [0.4, 0.5) is 4.39 Å². The van der Waals surface area contributed by atoms with Crippen LogP contribution in [0.2, 0.25) is 0 Å². The summed E-state index contributed by atoms with van der Waals surface area (Å²) in [6.45, 7) is 9.58. The Hall–Kier alpha value is -1.62. The monoisotopic (exact) mass is 346 g/mol. The summed E-state index contributed by atoms with van der Waals surface area (Å²) in [5.41, 5.74) is 0.820. The van der Waals surface area contributed by atoms with E-state index in [0.717, 1.165) is 50.4 Å². The van der Waals surface area contributed by atoms with Crippen molar-refractivity contribution in [3.63, 3.8) is 0 Å². The number of hydrogen-bond donors (Lipinski definition) is 2. The van der Waals surface area contributed by atoms with Crippen LogP contribution in [0.1, 0.15) is 51.5 Å². The van der Waals surface area contributed by atoms with Gasteiger partial charge in [-0.3, -0.25) is 4.99 Å². The van der Waals surface area contributed by atoms with Crippen LogP contribution < -0.4 is 10.6 Å². The summed E-state index contributed by atoms with van der Waals surface area (Å²) in [6, 6.07) is 8.48. The second-order valence-corrected chi connectivity index (χ2v) is 7.49. The molecule has 2 fully saturated rings. The molecule has 1 aliphatic heterocycles. The van der Waals surface area contributed by atoms with Gasteiger partial charge >= 0.3 is 0 Å². The number of nitrogens with one attached hydrogen (secondary N) is 2.